The van der Waals surface area contributed by atoms with Crippen LogP contribution in [0.1, 0.15) is 19.8 Å². The van der Waals surface area contributed by atoms with Crippen LogP contribution in [0.4, 0.5) is 14.5 Å². The van der Waals surface area contributed by atoms with Crippen LogP contribution >= 0.6 is 0 Å². The molecule has 1 N–H and O–H groups in total. The third-order valence-corrected chi connectivity index (χ3v) is 5.58. The quantitative estimate of drug-likeness (QED) is 0.803. The Hall–Kier alpha value is -2.03. The maximum atomic E-state index is 13.5. The second kappa shape index (κ2) is 7.25. The molecule has 1 atom stereocenters. The molecular formula is C15H18F2N2O4S. The van der Waals surface area contributed by atoms with E-state index in [1.54, 1.807) is 6.92 Å². The Kier molecular flexibility index (Phi) is 5.53. The summed E-state index contributed by atoms with van der Waals surface area (Å²) in [5, 5.41) is 2.21. The molecule has 1 aromatic carbocycles. The molecule has 0 aromatic heterocycles. The maximum Gasteiger partial charge on any atom is 0.233 e. The van der Waals surface area contributed by atoms with Crippen molar-refractivity contribution in [3.8, 4) is 0 Å². The van der Waals surface area contributed by atoms with Crippen molar-refractivity contribution in [1.29, 1.82) is 0 Å². The van der Waals surface area contributed by atoms with E-state index in [9.17, 15) is 26.8 Å². The van der Waals surface area contributed by atoms with E-state index in [0.717, 1.165) is 12.1 Å². The lowest BCUT2D eigenvalue weighted by Gasteiger charge is -2.26. The van der Waals surface area contributed by atoms with Crippen LogP contribution in [0.5, 0.6) is 0 Å². The Morgan fingerprint density at radius 3 is 2.58 bits per heavy atom. The van der Waals surface area contributed by atoms with Gasteiger partial charge in [-0.25, -0.2) is 17.2 Å². The monoisotopic (exact) mass is 360 g/mol. The number of nitrogens with zero attached hydrogens (tertiary/aromatic N) is 1. The topological polar surface area (TPSA) is 83.6 Å². The molecule has 1 aromatic rings. The molecule has 2 amide bonds. The second-order valence-electron chi connectivity index (χ2n) is 5.59. The van der Waals surface area contributed by atoms with Gasteiger partial charge in [0.1, 0.15) is 18.1 Å². The summed E-state index contributed by atoms with van der Waals surface area (Å²) in [5.74, 6) is -3.08. The van der Waals surface area contributed by atoms with Gasteiger partial charge in [-0.1, -0.05) is 0 Å². The van der Waals surface area contributed by atoms with Gasteiger partial charge in [0, 0.05) is 18.7 Å². The van der Waals surface area contributed by atoms with Crippen molar-refractivity contribution in [2.75, 3.05) is 23.4 Å². The van der Waals surface area contributed by atoms with E-state index in [2.05, 4.69) is 5.32 Å². The molecule has 24 heavy (non-hydrogen) atoms. The van der Waals surface area contributed by atoms with Crippen LogP contribution in [0, 0.1) is 11.6 Å². The lowest BCUT2D eigenvalue weighted by Crippen LogP contribution is -2.42. The number of sulfone groups is 1. The first-order valence-corrected chi connectivity index (χ1v) is 9.29. The van der Waals surface area contributed by atoms with E-state index in [0.29, 0.717) is 12.5 Å². The maximum absolute atomic E-state index is 13.5. The van der Waals surface area contributed by atoms with Crippen LogP contribution in [0.3, 0.4) is 0 Å². The number of nitrogens with one attached hydrogen (secondary N) is 1. The SMILES string of the molecule is CCN(C(=O)CC(=O)Nc1ccc(F)cc1F)C1CCS(=O)(=O)C1. The molecule has 132 valence electrons. The first-order valence-electron chi connectivity index (χ1n) is 7.46. The number of carbonyl (C=O) groups excluding carboxylic acids is 2. The Morgan fingerprint density at radius 1 is 1.33 bits per heavy atom. The van der Waals surface area contributed by atoms with Gasteiger partial charge >= 0.3 is 0 Å². The van der Waals surface area contributed by atoms with Crippen LogP contribution in [-0.2, 0) is 19.4 Å². The zero-order valence-electron chi connectivity index (χ0n) is 13.1. The molecule has 1 unspecified atom stereocenters. The summed E-state index contributed by atoms with van der Waals surface area (Å²) in [7, 11) is -3.15. The molecule has 1 aliphatic heterocycles. The highest BCUT2D eigenvalue weighted by Crippen LogP contribution is 2.19. The van der Waals surface area contributed by atoms with Crippen molar-refractivity contribution < 1.29 is 26.8 Å². The number of hydrogen-bond acceptors (Lipinski definition) is 4. The summed E-state index contributed by atoms with van der Waals surface area (Å²) in [4.78, 5) is 25.5. The first kappa shape index (κ1) is 18.3. The van der Waals surface area contributed by atoms with E-state index in [-0.39, 0.29) is 23.7 Å². The van der Waals surface area contributed by atoms with E-state index < -0.39 is 45.7 Å². The fourth-order valence-electron chi connectivity index (χ4n) is 2.68. The highest BCUT2D eigenvalue weighted by atomic mass is 32.2. The Labute approximate surface area is 138 Å². The highest BCUT2D eigenvalue weighted by Gasteiger charge is 2.34. The number of halogens is 2. The number of rotatable bonds is 5. The van der Waals surface area contributed by atoms with Gasteiger partial charge in [-0.3, -0.25) is 9.59 Å². The number of benzene rings is 1. The van der Waals surface area contributed by atoms with Crippen LogP contribution in [0.25, 0.3) is 0 Å². The number of anilines is 1. The number of hydrogen-bond donors (Lipinski definition) is 1. The van der Waals surface area contributed by atoms with Gasteiger partial charge in [0.2, 0.25) is 11.8 Å². The molecule has 2 rings (SSSR count). The van der Waals surface area contributed by atoms with Crippen molar-refractivity contribution in [3.05, 3.63) is 29.8 Å². The zero-order valence-corrected chi connectivity index (χ0v) is 13.9. The van der Waals surface area contributed by atoms with Crippen molar-refractivity contribution >= 4 is 27.3 Å². The minimum absolute atomic E-state index is 0.0223. The summed E-state index contributed by atoms with van der Waals surface area (Å²) >= 11 is 0. The third kappa shape index (κ3) is 4.50. The van der Waals surface area contributed by atoms with Gasteiger partial charge in [-0.15, -0.1) is 0 Å². The molecule has 0 aliphatic carbocycles. The van der Waals surface area contributed by atoms with Crippen molar-refractivity contribution in [2.45, 2.75) is 25.8 Å². The third-order valence-electron chi connectivity index (χ3n) is 3.83. The summed E-state index contributed by atoms with van der Waals surface area (Å²) < 4.78 is 49.4. The van der Waals surface area contributed by atoms with Gasteiger partial charge in [0.05, 0.1) is 17.2 Å². The van der Waals surface area contributed by atoms with E-state index >= 15 is 0 Å². The predicted molar refractivity (Wildman–Crippen MR) is 84.1 cm³/mol. The Morgan fingerprint density at radius 2 is 2.04 bits per heavy atom. The fourth-order valence-corrected chi connectivity index (χ4v) is 4.41. The second-order valence-corrected chi connectivity index (χ2v) is 7.81. The standard InChI is InChI=1S/C15H18F2N2O4S/c1-2-19(11-5-6-24(22,23)9-11)15(21)8-14(20)18-13-4-3-10(16)7-12(13)17/h3-4,7,11H,2,5-6,8-9H2,1H3,(H,18,20). The zero-order chi connectivity index (χ0) is 17.9. The van der Waals surface area contributed by atoms with Gasteiger partial charge in [0.15, 0.2) is 9.84 Å². The summed E-state index contributed by atoms with van der Waals surface area (Å²) in [6, 6.07) is 2.23. The highest BCUT2D eigenvalue weighted by molar-refractivity contribution is 7.91. The van der Waals surface area contributed by atoms with Crippen LogP contribution in [0.15, 0.2) is 18.2 Å². The molecule has 0 saturated carbocycles. The fraction of sp³-hybridized carbons (Fsp3) is 0.467. The van der Waals surface area contributed by atoms with E-state index in [4.69, 9.17) is 0 Å². The predicted octanol–water partition coefficient (Wildman–Crippen LogP) is 1.33. The minimum Gasteiger partial charge on any atom is -0.338 e. The average molecular weight is 360 g/mol. The Balaban J connectivity index is 1.98. The molecule has 1 saturated heterocycles. The Bertz CT molecular complexity index is 752. The van der Waals surface area contributed by atoms with Crippen molar-refractivity contribution in [1.82, 2.24) is 4.90 Å². The van der Waals surface area contributed by atoms with Gasteiger partial charge in [-0.05, 0) is 25.5 Å². The van der Waals surface area contributed by atoms with Crippen molar-refractivity contribution in [2.24, 2.45) is 0 Å². The molecule has 1 fully saturated rings. The van der Waals surface area contributed by atoms with Gasteiger partial charge in [0.25, 0.3) is 0 Å². The van der Waals surface area contributed by atoms with E-state index in [1.165, 1.54) is 4.90 Å². The summed E-state index contributed by atoms with van der Waals surface area (Å²) in [6.07, 6.45) is -0.197. The van der Waals surface area contributed by atoms with E-state index in [1.807, 2.05) is 0 Å². The largest absolute Gasteiger partial charge is 0.338 e. The lowest BCUT2D eigenvalue weighted by atomic mass is 10.2. The molecule has 0 radical (unpaired) electrons. The number of amides is 2. The molecule has 1 aliphatic rings. The summed E-state index contributed by atoms with van der Waals surface area (Å²) in [5.41, 5.74) is -0.222. The summed E-state index contributed by atoms with van der Waals surface area (Å²) in [6.45, 7) is 1.97. The van der Waals surface area contributed by atoms with Gasteiger partial charge < -0.3 is 10.2 Å². The molecule has 0 bridgehead atoms. The van der Waals surface area contributed by atoms with Crippen LogP contribution in [-0.4, -0.2) is 49.2 Å². The molecule has 1 heterocycles. The normalized spacial score (nSPS) is 19.0. The molecule has 9 heteroatoms. The van der Waals surface area contributed by atoms with Crippen LogP contribution in [0.2, 0.25) is 0 Å². The van der Waals surface area contributed by atoms with Crippen molar-refractivity contribution in [3.63, 3.8) is 0 Å². The number of carbonyl (C=O) groups is 2. The first-order chi connectivity index (χ1) is 11.2. The van der Waals surface area contributed by atoms with Crippen LogP contribution < -0.4 is 5.32 Å². The van der Waals surface area contributed by atoms with Gasteiger partial charge in [-0.2, -0.15) is 0 Å². The molecule has 0 spiro atoms. The molecular weight excluding hydrogens is 342 g/mol. The smallest absolute Gasteiger partial charge is 0.233 e. The minimum atomic E-state index is -3.15. The lowest BCUT2D eigenvalue weighted by molar-refractivity contribution is -0.135. The molecule has 6 nitrogen and oxygen atoms in total. The average Bonchev–Trinajstić information content (AvgIpc) is 2.82.